The van der Waals surface area contributed by atoms with Gasteiger partial charge in [-0.15, -0.1) is 0 Å². The van der Waals surface area contributed by atoms with Gasteiger partial charge in [0.1, 0.15) is 23.0 Å². The van der Waals surface area contributed by atoms with Crippen molar-refractivity contribution in [2.75, 3.05) is 18.0 Å². The Morgan fingerprint density at radius 2 is 1.93 bits per heavy atom. The van der Waals surface area contributed by atoms with E-state index < -0.39 is 0 Å². The molecule has 0 radical (unpaired) electrons. The van der Waals surface area contributed by atoms with E-state index in [9.17, 15) is 15.2 Å². The minimum Gasteiger partial charge on any atom is -0.508 e. The van der Waals surface area contributed by atoms with Gasteiger partial charge in [0.25, 0.3) is 5.56 Å². The van der Waals surface area contributed by atoms with Crippen molar-refractivity contribution >= 4 is 16.7 Å². The minimum absolute atomic E-state index is 0.0968. The number of hydrogen-bond donors (Lipinski definition) is 1. The van der Waals surface area contributed by atoms with E-state index in [2.05, 4.69) is 34.7 Å². The number of para-hydroxylation sites is 1. The smallest absolute Gasteiger partial charge is 0.252 e. The number of benzene rings is 1. The number of rotatable bonds is 3. The van der Waals surface area contributed by atoms with Gasteiger partial charge in [-0.2, -0.15) is 5.26 Å². The van der Waals surface area contributed by atoms with Crippen LogP contribution in [0.3, 0.4) is 0 Å². The number of nitriles is 1. The quantitative estimate of drug-likeness (QED) is 0.724. The van der Waals surface area contributed by atoms with Gasteiger partial charge in [0.2, 0.25) is 0 Å². The second-order valence-electron chi connectivity index (χ2n) is 8.01. The van der Waals surface area contributed by atoms with Gasteiger partial charge in [0.05, 0.1) is 11.2 Å². The first-order valence-electron chi connectivity index (χ1n) is 10.1. The van der Waals surface area contributed by atoms with Gasteiger partial charge in [-0.25, -0.2) is 4.98 Å². The minimum atomic E-state index is -0.0968. The molecule has 1 aliphatic heterocycles. The highest BCUT2D eigenvalue weighted by molar-refractivity contribution is 5.89. The summed E-state index contributed by atoms with van der Waals surface area (Å²) in [5.74, 6) is 0.311. The summed E-state index contributed by atoms with van der Waals surface area (Å²) in [6.07, 6.45) is 0. The average molecular weight is 403 g/mol. The SMILES string of the molecule is CC1CN(c2cc(=O)n(C)c3ccc(C#N)nc23)[C@@H](C)CN1Cc1ccccc1O. The predicted octanol–water partition coefficient (Wildman–Crippen LogP) is 2.61. The molecule has 2 aromatic heterocycles. The van der Waals surface area contributed by atoms with Crippen LogP contribution in [0.2, 0.25) is 0 Å². The van der Waals surface area contributed by atoms with Gasteiger partial charge in [-0.1, -0.05) is 18.2 Å². The number of phenols is 1. The number of anilines is 1. The molecule has 1 saturated heterocycles. The van der Waals surface area contributed by atoms with E-state index in [1.54, 1.807) is 35.9 Å². The molecule has 154 valence electrons. The lowest BCUT2D eigenvalue weighted by Gasteiger charge is -2.45. The maximum Gasteiger partial charge on any atom is 0.252 e. The molecule has 7 nitrogen and oxygen atoms in total. The second-order valence-corrected chi connectivity index (χ2v) is 8.01. The third-order valence-corrected chi connectivity index (χ3v) is 5.97. The molecule has 3 aromatic rings. The predicted molar refractivity (Wildman–Crippen MR) is 116 cm³/mol. The zero-order valence-electron chi connectivity index (χ0n) is 17.4. The third kappa shape index (κ3) is 3.51. The van der Waals surface area contributed by atoms with Crippen LogP contribution in [0.4, 0.5) is 5.69 Å². The number of aryl methyl sites for hydroxylation is 1. The summed E-state index contributed by atoms with van der Waals surface area (Å²) in [5, 5.41) is 19.4. The Morgan fingerprint density at radius 1 is 1.17 bits per heavy atom. The van der Waals surface area contributed by atoms with E-state index in [-0.39, 0.29) is 17.6 Å². The summed E-state index contributed by atoms with van der Waals surface area (Å²) >= 11 is 0. The molecule has 1 N–H and O–H groups in total. The van der Waals surface area contributed by atoms with Gasteiger partial charge in [-0.05, 0) is 32.0 Å². The standard InChI is InChI=1S/C23H25N5O2/c1-15-13-28(16(2)12-27(15)14-17-6-4-5-7-21(17)29)20-10-22(30)26(3)19-9-8-18(11-24)25-23(19)20/h4-10,15-16,29H,12-14H2,1-3H3/t15?,16-/m0/s1. The van der Waals surface area contributed by atoms with Crippen LogP contribution >= 0.6 is 0 Å². The molecule has 0 amide bonds. The highest BCUT2D eigenvalue weighted by Gasteiger charge is 2.31. The van der Waals surface area contributed by atoms with Crippen LogP contribution in [0.5, 0.6) is 5.75 Å². The highest BCUT2D eigenvalue weighted by Crippen LogP contribution is 2.30. The molecule has 1 aliphatic rings. The Balaban J connectivity index is 1.68. The normalized spacial score (nSPS) is 19.7. The van der Waals surface area contributed by atoms with Crippen LogP contribution in [0, 0.1) is 11.3 Å². The average Bonchev–Trinajstić information content (AvgIpc) is 2.74. The fraction of sp³-hybridized carbons (Fsp3) is 0.348. The van der Waals surface area contributed by atoms with Gasteiger partial charge in [-0.3, -0.25) is 9.69 Å². The molecular formula is C23H25N5O2. The van der Waals surface area contributed by atoms with Crippen LogP contribution in [0.1, 0.15) is 25.1 Å². The number of aromatic nitrogens is 2. The zero-order valence-corrected chi connectivity index (χ0v) is 17.4. The third-order valence-electron chi connectivity index (χ3n) is 5.97. The summed E-state index contributed by atoms with van der Waals surface area (Å²) in [6.45, 7) is 6.44. The monoisotopic (exact) mass is 403 g/mol. The van der Waals surface area contributed by atoms with Gasteiger partial charge < -0.3 is 14.6 Å². The molecule has 30 heavy (non-hydrogen) atoms. The number of pyridine rings is 2. The Morgan fingerprint density at radius 3 is 2.67 bits per heavy atom. The topological polar surface area (TPSA) is 85.4 Å². The van der Waals surface area contributed by atoms with Crippen molar-refractivity contribution < 1.29 is 5.11 Å². The number of aromatic hydroxyl groups is 1. The van der Waals surface area contributed by atoms with Crippen molar-refractivity contribution in [1.82, 2.24) is 14.5 Å². The number of hydrogen-bond acceptors (Lipinski definition) is 6. The molecular weight excluding hydrogens is 378 g/mol. The fourth-order valence-corrected chi connectivity index (χ4v) is 4.21. The van der Waals surface area contributed by atoms with Crippen LogP contribution < -0.4 is 10.5 Å². The van der Waals surface area contributed by atoms with Crippen molar-refractivity contribution in [3.63, 3.8) is 0 Å². The summed E-state index contributed by atoms with van der Waals surface area (Å²) in [4.78, 5) is 21.7. The van der Waals surface area contributed by atoms with E-state index in [1.165, 1.54) is 0 Å². The fourth-order valence-electron chi connectivity index (χ4n) is 4.21. The summed E-state index contributed by atoms with van der Waals surface area (Å²) in [7, 11) is 1.72. The number of phenolic OH excluding ortho intramolecular Hbond substituents is 1. The molecule has 0 spiro atoms. The lowest BCUT2D eigenvalue weighted by Crippen LogP contribution is -2.56. The van der Waals surface area contributed by atoms with Crippen molar-refractivity contribution in [2.24, 2.45) is 7.05 Å². The van der Waals surface area contributed by atoms with E-state index in [4.69, 9.17) is 0 Å². The molecule has 0 saturated carbocycles. The number of piperazine rings is 1. The van der Waals surface area contributed by atoms with Crippen molar-refractivity contribution in [3.05, 3.63) is 64.1 Å². The Labute approximate surface area is 175 Å². The van der Waals surface area contributed by atoms with E-state index in [1.807, 2.05) is 18.2 Å². The van der Waals surface area contributed by atoms with Crippen LogP contribution in [0.15, 0.2) is 47.3 Å². The Bertz CT molecular complexity index is 1200. The molecule has 1 fully saturated rings. The summed E-state index contributed by atoms with van der Waals surface area (Å²) < 4.78 is 1.56. The maximum atomic E-state index is 12.6. The molecule has 3 heterocycles. The molecule has 2 atom stereocenters. The van der Waals surface area contributed by atoms with E-state index >= 15 is 0 Å². The first-order valence-corrected chi connectivity index (χ1v) is 10.1. The molecule has 0 bridgehead atoms. The Hall–Kier alpha value is -3.37. The lowest BCUT2D eigenvalue weighted by molar-refractivity contribution is 0.156. The van der Waals surface area contributed by atoms with Crippen LogP contribution in [-0.4, -0.2) is 44.7 Å². The number of nitrogens with zero attached hydrogens (tertiary/aromatic N) is 5. The number of fused-ring (bicyclic) bond motifs is 1. The largest absolute Gasteiger partial charge is 0.508 e. The Kier molecular flexibility index (Phi) is 5.18. The molecule has 7 heteroatoms. The van der Waals surface area contributed by atoms with Gasteiger partial charge in [0, 0.05) is 50.4 Å². The van der Waals surface area contributed by atoms with Gasteiger partial charge in [0.15, 0.2) is 0 Å². The molecule has 4 rings (SSSR count). The zero-order chi connectivity index (χ0) is 21.4. The molecule has 1 aromatic carbocycles. The van der Waals surface area contributed by atoms with E-state index in [0.717, 1.165) is 24.3 Å². The van der Waals surface area contributed by atoms with Crippen LogP contribution in [-0.2, 0) is 13.6 Å². The summed E-state index contributed by atoms with van der Waals surface area (Å²) in [5.41, 5.74) is 3.30. The lowest BCUT2D eigenvalue weighted by atomic mass is 10.0. The van der Waals surface area contributed by atoms with Gasteiger partial charge >= 0.3 is 0 Å². The van der Waals surface area contributed by atoms with Crippen molar-refractivity contribution in [2.45, 2.75) is 32.5 Å². The van der Waals surface area contributed by atoms with E-state index in [0.29, 0.717) is 29.0 Å². The van der Waals surface area contributed by atoms with Crippen LogP contribution in [0.25, 0.3) is 11.0 Å². The molecule has 1 unspecified atom stereocenters. The molecule has 0 aliphatic carbocycles. The maximum absolute atomic E-state index is 12.6. The van der Waals surface area contributed by atoms with Crippen molar-refractivity contribution in [1.29, 1.82) is 5.26 Å². The second kappa shape index (κ2) is 7.81. The first kappa shape index (κ1) is 19.9. The highest BCUT2D eigenvalue weighted by atomic mass is 16.3. The summed E-state index contributed by atoms with van der Waals surface area (Å²) in [6, 6.07) is 14.9. The first-order chi connectivity index (χ1) is 14.4. The van der Waals surface area contributed by atoms with Crippen molar-refractivity contribution in [3.8, 4) is 11.8 Å².